The highest BCUT2D eigenvalue weighted by molar-refractivity contribution is 7.90. The molecule has 76 heavy (non-hydrogen) atoms. The van der Waals surface area contributed by atoms with Gasteiger partial charge in [0.1, 0.15) is 59.9 Å². The maximum atomic E-state index is 18.5. The molecule has 0 bridgehead atoms. The normalized spacial score (nSPS) is 14.1. The molecule has 1 aliphatic rings. The van der Waals surface area contributed by atoms with Crippen LogP contribution >= 0.6 is 0 Å². The number of pyridine rings is 2. The third-order valence-corrected chi connectivity index (χ3v) is 27.7. The molecule has 0 spiro atoms. The van der Waals surface area contributed by atoms with E-state index in [1.54, 1.807) is 77.6 Å². The molecule has 6 rings (SSSR count). The lowest BCUT2D eigenvalue weighted by Crippen LogP contribution is -2.50. The number of sulfone groups is 1. The second-order valence-corrected chi connectivity index (χ2v) is 36.8. The zero-order chi connectivity index (χ0) is 56.9. The van der Waals surface area contributed by atoms with E-state index in [4.69, 9.17) is 23.6 Å². The van der Waals surface area contributed by atoms with E-state index in [-0.39, 0.29) is 86.1 Å². The molecule has 0 saturated heterocycles. The highest BCUT2D eigenvalue weighted by Gasteiger charge is 2.48. The van der Waals surface area contributed by atoms with Gasteiger partial charge in [-0.3, -0.25) is 0 Å². The quantitative estimate of drug-likeness (QED) is 0.0622. The summed E-state index contributed by atoms with van der Waals surface area (Å²) in [4.78, 5) is 48.8. The van der Waals surface area contributed by atoms with Crippen LogP contribution in [0.2, 0.25) is 33.2 Å². The maximum Gasteiger partial charge on any atom is 0.425 e. The van der Waals surface area contributed by atoms with Crippen molar-refractivity contribution in [3.8, 4) is 34.4 Å². The van der Waals surface area contributed by atoms with Crippen LogP contribution in [0.15, 0.2) is 47.8 Å². The van der Waals surface area contributed by atoms with E-state index in [0.717, 1.165) is 6.26 Å². The molecule has 19 heteroatoms. The third-order valence-electron chi connectivity index (χ3n) is 14.6. The smallest absolute Gasteiger partial charge is 0.425 e. The van der Waals surface area contributed by atoms with Gasteiger partial charge in [-0.05, 0) is 111 Å². The fraction of sp³-hybridized carbons (Fsp3) is 0.544. The fourth-order valence-corrected chi connectivity index (χ4v) is 22.3. The molecule has 3 aromatic heterocycles. The second kappa shape index (κ2) is 22.0. The summed E-state index contributed by atoms with van der Waals surface area (Å²) >= 11 is 0. The topological polar surface area (TPSA) is 163 Å². The zero-order valence-corrected chi connectivity index (χ0v) is 50.9. The minimum absolute atomic E-state index is 0.00766. The van der Waals surface area contributed by atoms with Crippen molar-refractivity contribution in [2.45, 2.75) is 187 Å². The van der Waals surface area contributed by atoms with Crippen LogP contribution in [-0.4, -0.2) is 87.5 Å². The van der Waals surface area contributed by atoms with Crippen molar-refractivity contribution in [1.29, 1.82) is 0 Å². The van der Waals surface area contributed by atoms with Crippen molar-refractivity contribution in [3.05, 3.63) is 65.4 Å². The number of amides is 2. The first kappa shape index (κ1) is 59.5. The summed E-state index contributed by atoms with van der Waals surface area (Å²) in [5.74, 6) is 1.86. The van der Waals surface area contributed by atoms with Gasteiger partial charge >= 0.3 is 12.2 Å². The number of carbonyl (C=O) groups excluding carboxylic acids is 2. The molecular weight excluding hydrogens is 1020 g/mol. The van der Waals surface area contributed by atoms with Gasteiger partial charge in [0.2, 0.25) is 20.9 Å². The lowest BCUT2D eigenvalue weighted by Gasteiger charge is -2.42. The largest absolute Gasteiger partial charge is 0.543 e. The molecule has 5 aromatic rings. The van der Waals surface area contributed by atoms with Crippen molar-refractivity contribution >= 4 is 71.7 Å². The zero-order valence-electron chi connectivity index (χ0n) is 48.1. The first-order chi connectivity index (χ1) is 35.1. The van der Waals surface area contributed by atoms with E-state index in [2.05, 4.69) is 110 Å². The van der Waals surface area contributed by atoms with Gasteiger partial charge in [-0.25, -0.2) is 46.7 Å². The van der Waals surface area contributed by atoms with Crippen LogP contribution in [-0.2, 0) is 19.3 Å². The number of carbonyl (C=O) groups is 2. The molecule has 14 nitrogen and oxygen atoms in total. The predicted octanol–water partition coefficient (Wildman–Crippen LogP) is 14.7. The first-order valence-electron chi connectivity index (χ1n) is 26.3. The number of rotatable bonds is 13. The lowest BCUT2D eigenvalue weighted by atomic mass is 9.95. The molecule has 1 unspecified atom stereocenters. The molecule has 2 amide bonds. The van der Waals surface area contributed by atoms with Crippen molar-refractivity contribution in [3.63, 3.8) is 0 Å². The summed E-state index contributed by atoms with van der Waals surface area (Å²) in [5.41, 5.74) is 2.61. The third kappa shape index (κ3) is 11.6. The second-order valence-electron chi connectivity index (χ2n) is 23.9. The van der Waals surface area contributed by atoms with Gasteiger partial charge in [0, 0.05) is 29.0 Å². The number of anilines is 2. The summed E-state index contributed by atoms with van der Waals surface area (Å²) in [6.07, 6.45) is 0.222. The van der Waals surface area contributed by atoms with Gasteiger partial charge in [-0.1, -0.05) is 101 Å². The SMILES string of the molecule is CC(c1cccnc1N(C(=O)OC(C)(C)C)C(=O)OC(C)(C)C)N1CCOc2nc(-c3cc(O[Si](C(C)C)(C(C)C)C(C)C)cc4ccc(F)c(C#C[Si](C(C)C)(C(C)C)C(C)C)c34)c(F)c3nc(S(C)(=O)=O)nc1c23. The fourth-order valence-electron chi connectivity index (χ4n) is 11.4. The molecule has 412 valence electrons. The molecule has 0 aliphatic carbocycles. The Morgan fingerprint density at radius 2 is 1.34 bits per heavy atom. The van der Waals surface area contributed by atoms with Crippen molar-refractivity contribution in [2.75, 3.05) is 29.2 Å². The van der Waals surface area contributed by atoms with E-state index < -0.39 is 78.0 Å². The van der Waals surface area contributed by atoms with Gasteiger partial charge in [0.15, 0.2) is 11.6 Å². The number of hydrogen-bond donors (Lipinski definition) is 0. The maximum absolute atomic E-state index is 18.5. The van der Waals surface area contributed by atoms with E-state index in [1.807, 2.05) is 6.07 Å². The van der Waals surface area contributed by atoms with E-state index in [1.165, 1.54) is 12.3 Å². The van der Waals surface area contributed by atoms with E-state index in [9.17, 15) is 18.0 Å². The van der Waals surface area contributed by atoms with Gasteiger partial charge in [0.05, 0.1) is 18.2 Å². The molecule has 1 aliphatic heterocycles. The van der Waals surface area contributed by atoms with Crippen LogP contribution in [0.5, 0.6) is 11.6 Å². The molecule has 4 heterocycles. The molecule has 1 atom stereocenters. The summed E-state index contributed by atoms with van der Waals surface area (Å²) in [6, 6.07) is 8.95. The summed E-state index contributed by atoms with van der Waals surface area (Å²) in [5, 5.41) is 0.101. The minimum atomic E-state index is -4.25. The molecule has 0 radical (unpaired) electrons. The Hall–Kier alpha value is -5.72. The molecular formula is C57H78F2N6O8SSi2. The minimum Gasteiger partial charge on any atom is -0.543 e. The van der Waals surface area contributed by atoms with E-state index in [0.29, 0.717) is 27.0 Å². The Kier molecular flexibility index (Phi) is 17.2. The van der Waals surface area contributed by atoms with Crippen LogP contribution < -0.4 is 19.0 Å². The van der Waals surface area contributed by atoms with Crippen molar-refractivity contribution < 1.29 is 45.4 Å². The van der Waals surface area contributed by atoms with Gasteiger partial charge < -0.3 is 23.5 Å². The molecule has 0 saturated carbocycles. The van der Waals surface area contributed by atoms with Crippen LogP contribution in [0, 0.1) is 23.1 Å². The summed E-state index contributed by atoms with van der Waals surface area (Å²) < 4.78 is 87.8. The molecule has 2 aromatic carbocycles. The number of benzene rings is 2. The summed E-state index contributed by atoms with van der Waals surface area (Å²) in [6.45, 7) is 37.6. The van der Waals surface area contributed by atoms with Crippen molar-refractivity contribution in [2.24, 2.45) is 0 Å². The number of halogens is 2. The number of aromatic nitrogens is 4. The number of ether oxygens (including phenoxy) is 3. The Balaban J connectivity index is 1.71. The number of fused-ring (bicyclic) bond motifs is 1. The monoisotopic (exact) mass is 1100 g/mol. The molecule has 0 N–H and O–H groups in total. The number of nitrogens with zero attached hydrogens (tertiary/aromatic N) is 6. The highest BCUT2D eigenvalue weighted by Crippen LogP contribution is 2.48. The Labute approximate surface area is 451 Å². The molecule has 0 fully saturated rings. The number of imide groups is 1. The van der Waals surface area contributed by atoms with Crippen LogP contribution in [0.25, 0.3) is 32.9 Å². The average molecular weight is 1100 g/mol. The van der Waals surface area contributed by atoms with Crippen LogP contribution in [0.3, 0.4) is 0 Å². The average Bonchev–Trinajstić information content (AvgIpc) is 3.47. The highest BCUT2D eigenvalue weighted by atomic mass is 32.2. The van der Waals surface area contributed by atoms with Gasteiger partial charge in [-0.15, -0.1) is 5.54 Å². The van der Waals surface area contributed by atoms with Gasteiger partial charge in [-0.2, -0.15) is 4.90 Å². The predicted molar refractivity (Wildman–Crippen MR) is 303 cm³/mol. The summed E-state index contributed by atoms with van der Waals surface area (Å²) in [7, 11) is -9.38. The Morgan fingerprint density at radius 3 is 1.86 bits per heavy atom. The lowest BCUT2D eigenvalue weighted by molar-refractivity contribution is 0.0428. The standard InChI is InChI=1S/C57H78F2N6O8SSi2/c1-32(2)75(33(3)4,34(5)6)29-25-42-44(58)24-23-39-30-40(73-76(35(7)8,36(9)10)37(11)12)31-43(45(39)42)48-47(59)49-46-51(63-53(62-49)74(20,68)69)64(27-28-70-52(46)61-48)38(13)41-22-21-26-60-50(41)65(54(66)71-56(14,15)16)55(67)72-57(17,18)19/h21-24,26,30-38H,27-28H2,1-20H3. The first-order valence-corrected chi connectivity index (χ1v) is 32.6. The van der Waals surface area contributed by atoms with Crippen LogP contribution in [0.1, 0.15) is 149 Å². The Bertz CT molecular complexity index is 3150. The van der Waals surface area contributed by atoms with Gasteiger partial charge in [0.25, 0.3) is 8.32 Å². The van der Waals surface area contributed by atoms with Crippen molar-refractivity contribution in [1.82, 2.24) is 19.9 Å². The van der Waals surface area contributed by atoms with Crippen LogP contribution in [0.4, 0.5) is 30.0 Å². The van der Waals surface area contributed by atoms with E-state index >= 15 is 8.78 Å². The number of hydrogen-bond acceptors (Lipinski definition) is 13. The Morgan fingerprint density at radius 1 is 0.776 bits per heavy atom.